The number of imide groups is 1. The molecule has 1 heterocycles. The summed E-state index contributed by atoms with van der Waals surface area (Å²) in [6.07, 6.45) is 1.08. The van der Waals surface area contributed by atoms with E-state index in [1.165, 1.54) is 4.90 Å². The molecule has 1 aromatic rings. The highest BCUT2D eigenvalue weighted by atomic mass is 16.2. The fraction of sp³-hybridized carbons (Fsp3) is 0.471. The Hall–Kier alpha value is -1.97. The fourth-order valence-electron chi connectivity index (χ4n) is 4.92. The Kier molecular flexibility index (Phi) is 2.19. The van der Waals surface area contributed by atoms with Gasteiger partial charge < -0.3 is 0 Å². The van der Waals surface area contributed by atoms with Crippen LogP contribution in [0.2, 0.25) is 0 Å². The average Bonchev–Trinajstić information content (AvgIpc) is 2.93. The van der Waals surface area contributed by atoms with Crippen LogP contribution in [0.3, 0.4) is 0 Å². The number of fused-ring (bicyclic) bond motifs is 5. The van der Waals surface area contributed by atoms with Crippen molar-refractivity contribution in [2.75, 3.05) is 4.90 Å². The predicted molar refractivity (Wildman–Crippen MR) is 76.4 cm³/mol. The molecule has 1 saturated heterocycles. The molecule has 4 heteroatoms. The molecule has 0 aromatic heterocycles. The predicted octanol–water partition coefficient (Wildman–Crippen LogP) is 2.18. The summed E-state index contributed by atoms with van der Waals surface area (Å²) in [7, 11) is 0. The van der Waals surface area contributed by atoms with E-state index in [-0.39, 0.29) is 28.9 Å². The molecule has 0 spiro atoms. The number of anilines is 1. The lowest BCUT2D eigenvalue weighted by molar-refractivity contribution is -0.138. The molecule has 4 atom stereocenters. The molecule has 4 rings (SSSR count). The molecular formula is C17H17NO3. The number of hydrogen-bond acceptors (Lipinski definition) is 3. The van der Waals surface area contributed by atoms with Crippen molar-refractivity contribution in [1.82, 2.24) is 0 Å². The highest BCUT2D eigenvalue weighted by molar-refractivity contribution is 6.24. The summed E-state index contributed by atoms with van der Waals surface area (Å²) in [5, 5.41) is 0. The van der Waals surface area contributed by atoms with Gasteiger partial charge in [-0.1, -0.05) is 32.0 Å². The molecule has 2 bridgehead atoms. The maximum Gasteiger partial charge on any atom is 0.238 e. The zero-order chi connectivity index (χ0) is 15.0. The van der Waals surface area contributed by atoms with Crippen LogP contribution in [0.5, 0.6) is 0 Å². The molecule has 2 amide bonds. The van der Waals surface area contributed by atoms with Gasteiger partial charge in [0, 0.05) is 11.8 Å². The smallest absolute Gasteiger partial charge is 0.238 e. The summed E-state index contributed by atoms with van der Waals surface area (Å²) in [6, 6.07) is 9.02. The number of ketones is 1. The molecule has 0 radical (unpaired) electrons. The Morgan fingerprint density at radius 1 is 1.00 bits per heavy atom. The number of amides is 2. The summed E-state index contributed by atoms with van der Waals surface area (Å²) in [4.78, 5) is 39.3. The van der Waals surface area contributed by atoms with Gasteiger partial charge >= 0.3 is 0 Å². The first-order valence-corrected chi connectivity index (χ1v) is 7.35. The summed E-state index contributed by atoms with van der Waals surface area (Å²) in [5.41, 5.74) is -0.399. The van der Waals surface area contributed by atoms with Crippen LogP contribution in [-0.2, 0) is 14.4 Å². The first kappa shape index (κ1) is 12.7. The molecule has 4 nitrogen and oxygen atoms in total. The van der Waals surface area contributed by atoms with Crippen LogP contribution >= 0.6 is 0 Å². The van der Waals surface area contributed by atoms with Crippen molar-refractivity contribution in [2.45, 2.75) is 26.7 Å². The first-order chi connectivity index (χ1) is 9.88. The molecule has 2 aliphatic carbocycles. The first-order valence-electron chi connectivity index (χ1n) is 7.35. The van der Waals surface area contributed by atoms with Gasteiger partial charge in [-0.05, 0) is 24.0 Å². The van der Waals surface area contributed by atoms with Crippen molar-refractivity contribution in [3.05, 3.63) is 30.3 Å². The number of para-hydroxylation sites is 1. The Morgan fingerprint density at radius 3 is 2.29 bits per heavy atom. The molecule has 0 N–H and O–H groups in total. The monoisotopic (exact) mass is 283 g/mol. The van der Waals surface area contributed by atoms with Crippen LogP contribution in [0.15, 0.2) is 30.3 Å². The summed E-state index contributed by atoms with van der Waals surface area (Å²) in [6.45, 7) is 3.85. The van der Waals surface area contributed by atoms with Crippen LogP contribution in [0.1, 0.15) is 26.7 Å². The Labute approximate surface area is 123 Å². The SMILES string of the molecule is C[C@@]12CC(=O)[C@@](C)(C1)[C@H]1C(=O)N(c3ccccc3)C(=O)[C@H]12. The standard InChI is InChI=1S/C17H17NO3/c1-16-8-11(19)17(2,9-16)13-12(16)14(20)18(15(13)21)10-6-4-3-5-7-10/h3-7,12-13H,8-9H2,1-2H3/t12-,13+,16+,17+/m0/s1. The molecule has 21 heavy (non-hydrogen) atoms. The van der Waals surface area contributed by atoms with E-state index in [0.29, 0.717) is 18.5 Å². The van der Waals surface area contributed by atoms with E-state index in [1.807, 2.05) is 32.0 Å². The quantitative estimate of drug-likeness (QED) is 0.742. The van der Waals surface area contributed by atoms with E-state index in [9.17, 15) is 14.4 Å². The van der Waals surface area contributed by atoms with Crippen molar-refractivity contribution in [2.24, 2.45) is 22.7 Å². The zero-order valence-corrected chi connectivity index (χ0v) is 12.1. The number of carbonyl (C=O) groups excluding carboxylic acids is 3. The minimum atomic E-state index is -0.657. The van der Waals surface area contributed by atoms with Gasteiger partial charge in [0.1, 0.15) is 5.78 Å². The van der Waals surface area contributed by atoms with E-state index >= 15 is 0 Å². The molecular weight excluding hydrogens is 266 g/mol. The van der Waals surface area contributed by atoms with E-state index in [2.05, 4.69) is 0 Å². The second kappa shape index (κ2) is 3.62. The summed E-state index contributed by atoms with van der Waals surface area (Å²) in [5.74, 6) is -1.00. The molecule has 108 valence electrons. The number of Topliss-reactive ketones (excluding diaryl/α,β-unsaturated/α-hetero) is 1. The molecule has 3 aliphatic rings. The normalized spacial score (nSPS) is 41.0. The van der Waals surface area contributed by atoms with Crippen LogP contribution in [0.25, 0.3) is 0 Å². The average molecular weight is 283 g/mol. The van der Waals surface area contributed by atoms with Crippen molar-refractivity contribution >= 4 is 23.3 Å². The number of benzene rings is 1. The Balaban J connectivity index is 1.84. The largest absolute Gasteiger partial charge is 0.299 e. The van der Waals surface area contributed by atoms with Crippen LogP contribution < -0.4 is 4.90 Å². The van der Waals surface area contributed by atoms with E-state index < -0.39 is 11.3 Å². The number of hydrogen-bond donors (Lipinski definition) is 0. The van der Waals surface area contributed by atoms with E-state index in [0.717, 1.165) is 0 Å². The van der Waals surface area contributed by atoms with Gasteiger partial charge in [-0.3, -0.25) is 19.3 Å². The minimum absolute atomic E-state index is 0.130. The molecule has 3 fully saturated rings. The van der Waals surface area contributed by atoms with Crippen molar-refractivity contribution in [1.29, 1.82) is 0 Å². The molecule has 2 saturated carbocycles. The van der Waals surface area contributed by atoms with Gasteiger partial charge in [0.2, 0.25) is 11.8 Å². The number of nitrogens with zero attached hydrogens (tertiary/aromatic N) is 1. The highest BCUT2D eigenvalue weighted by Crippen LogP contribution is 2.67. The van der Waals surface area contributed by atoms with Crippen molar-refractivity contribution in [3.63, 3.8) is 0 Å². The van der Waals surface area contributed by atoms with Crippen molar-refractivity contribution < 1.29 is 14.4 Å². The Bertz CT molecular complexity index is 683. The van der Waals surface area contributed by atoms with Gasteiger partial charge in [-0.25, -0.2) is 0 Å². The zero-order valence-electron chi connectivity index (χ0n) is 12.1. The van der Waals surface area contributed by atoms with Gasteiger partial charge in [-0.15, -0.1) is 0 Å². The third kappa shape index (κ3) is 1.33. The van der Waals surface area contributed by atoms with E-state index in [4.69, 9.17) is 0 Å². The number of carbonyl (C=O) groups is 3. The van der Waals surface area contributed by atoms with Gasteiger partial charge in [0.25, 0.3) is 0 Å². The highest BCUT2D eigenvalue weighted by Gasteiger charge is 2.74. The second-order valence-electron chi connectivity index (χ2n) is 7.15. The lowest BCUT2D eigenvalue weighted by atomic mass is 9.68. The fourth-order valence-corrected chi connectivity index (χ4v) is 4.92. The van der Waals surface area contributed by atoms with Gasteiger partial charge in [0.05, 0.1) is 17.5 Å². The van der Waals surface area contributed by atoms with Crippen LogP contribution in [0, 0.1) is 22.7 Å². The topological polar surface area (TPSA) is 54.5 Å². The lowest BCUT2D eigenvalue weighted by Crippen LogP contribution is -2.40. The third-order valence-electron chi connectivity index (χ3n) is 5.73. The van der Waals surface area contributed by atoms with Crippen LogP contribution in [-0.4, -0.2) is 17.6 Å². The number of rotatable bonds is 1. The van der Waals surface area contributed by atoms with Gasteiger partial charge in [-0.2, -0.15) is 0 Å². The second-order valence-corrected chi connectivity index (χ2v) is 7.15. The Morgan fingerprint density at radius 2 is 1.62 bits per heavy atom. The summed E-state index contributed by atoms with van der Waals surface area (Å²) < 4.78 is 0. The maximum absolute atomic E-state index is 12.8. The lowest BCUT2D eigenvalue weighted by Gasteiger charge is -2.30. The van der Waals surface area contributed by atoms with Crippen LogP contribution in [0.4, 0.5) is 5.69 Å². The summed E-state index contributed by atoms with van der Waals surface area (Å²) >= 11 is 0. The molecule has 1 aliphatic heterocycles. The van der Waals surface area contributed by atoms with Crippen molar-refractivity contribution in [3.8, 4) is 0 Å². The third-order valence-corrected chi connectivity index (χ3v) is 5.73. The minimum Gasteiger partial charge on any atom is -0.299 e. The maximum atomic E-state index is 12.8. The van der Waals surface area contributed by atoms with E-state index in [1.54, 1.807) is 12.1 Å². The molecule has 1 aromatic carbocycles. The molecule has 0 unspecified atom stereocenters. The van der Waals surface area contributed by atoms with Gasteiger partial charge in [0.15, 0.2) is 0 Å².